The molecule has 1 aliphatic rings. The molecule has 0 heteroatoms. The molecule has 2 atom stereocenters. The number of hydrogen-bond donors (Lipinski definition) is 0. The van der Waals surface area contributed by atoms with Gasteiger partial charge in [-0.05, 0) is 91.0 Å². The van der Waals surface area contributed by atoms with Crippen molar-refractivity contribution < 1.29 is 0 Å². The quantitative estimate of drug-likeness (QED) is 0.375. The van der Waals surface area contributed by atoms with E-state index in [0.717, 1.165) is 12.8 Å². The highest BCUT2D eigenvalue weighted by Crippen LogP contribution is 2.43. The summed E-state index contributed by atoms with van der Waals surface area (Å²) < 4.78 is 0. The van der Waals surface area contributed by atoms with Gasteiger partial charge < -0.3 is 0 Å². The molecule has 2 unspecified atom stereocenters. The molecule has 4 rings (SSSR count). The minimum Gasteiger partial charge on any atom is -0.0838 e. The van der Waals surface area contributed by atoms with Gasteiger partial charge in [0.15, 0.2) is 0 Å². The second kappa shape index (κ2) is 10.0. The Bertz CT molecular complexity index is 1160. The fraction of sp³-hybridized carbons (Fsp3) is 0.250. The van der Waals surface area contributed by atoms with E-state index in [0.29, 0.717) is 11.8 Å². The van der Waals surface area contributed by atoms with Crippen LogP contribution in [0.3, 0.4) is 0 Å². The van der Waals surface area contributed by atoms with Gasteiger partial charge in [-0.2, -0.15) is 0 Å². The van der Waals surface area contributed by atoms with Crippen LogP contribution in [-0.2, 0) is 0 Å². The monoisotopic (exact) mass is 418 g/mol. The number of benzene rings is 3. The Hall–Kier alpha value is -3.12. The van der Waals surface area contributed by atoms with E-state index in [4.69, 9.17) is 0 Å². The predicted molar refractivity (Wildman–Crippen MR) is 140 cm³/mol. The van der Waals surface area contributed by atoms with Crippen molar-refractivity contribution in [2.45, 2.75) is 46.5 Å². The summed E-state index contributed by atoms with van der Waals surface area (Å²) in [5.74, 6) is 0.880. The van der Waals surface area contributed by atoms with E-state index in [1.54, 1.807) is 0 Å². The van der Waals surface area contributed by atoms with Crippen molar-refractivity contribution in [1.82, 2.24) is 0 Å². The number of rotatable bonds is 6. The molecule has 0 saturated carbocycles. The van der Waals surface area contributed by atoms with Crippen molar-refractivity contribution in [3.05, 3.63) is 130 Å². The van der Waals surface area contributed by atoms with Crippen molar-refractivity contribution in [3.8, 4) is 0 Å². The minimum atomic E-state index is 0.415. The lowest BCUT2D eigenvalue weighted by molar-refractivity contribution is 0.538. The molecule has 3 aromatic carbocycles. The van der Waals surface area contributed by atoms with E-state index in [1.165, 1.54) is 44.5 Å². The smallest absolute Gasteiger partial charge is 0.00897 e. The van der Waals surface area contributed by atoms with Crippen LogP contribution in [-0.4, -0.2) is 0 Å². The van der Waals surface area contributed by atoms with Gasteiger partial charge in [-0.1, -0.05) is 97.1 Å². The lowest BCUT2D eigenvalue weighted by Gasteiger charge is -2.31. The van der Waals surface area contributed by atoms with Gasteiger partial charge in [-0.15, -0.1) is 0 Å². The van der Waals surface area contributed by atoms with Crippen molar-refractivity contribution in [1.29, 1.82) is 0 Å². The van der Waals surface area contributed by atoms with Gasteiger partial charge >= 0.3 is 0 Å². The molecule has 1 aliphatic carbocycles. The molecule has 0 nitrogen and oxygen atoms in total. The number of hydrogen-bond acceptors (Lipinski definition) is 0. The normalized spacial score (nSPS) is 18.8. The zero-order valence-electron chi connectivity index (χ0n) is 19.8. The van der Waals surface area contributed by atoms with Gasteiger partial charge in [0, 0.05) is 5.92 Å². The predicted octanol–water partition coefficient (Wildman–Crippen LogP) is 8.93. The van der Waals surface area contributed by atoms with E-state index < -0.39 is 0 Å². The van der Waals surface area contributed by atoms with Crippen molar-refractivity contribution >= 4 is 11.1 Å². The zero-order chi connectivity index (χ0) is 22.5. The van der Waals surface area contributed by atoms with E-state index in [9.17, 15) is 0 Å². The maximum Gasteiger partial charge on any atom is 0.00897 e. The Morgan fingerprint density at radius 1 is 0.750 bits per heavy atom. The fourth-order valence-electron chi connectivity index (χ4n) is 5.08. The SMILES string of the molecule is C/C=C(/CCC1C=C(c2ccccc2C)C(C)=CC1c1ccccc1C)c1ccccc1. The third kappa shape index (κ3) is 4.70. The van der Waals surface area contributed by atoms with Gasteiger partial charge in [-0.25, -0.2) is 0 Å². The molecule has 0 radical (unpaired) electrons. The number of aryl methyl sites for hydroxylation is 2. The molecular weight excluding hydrogens is 384 g/mol. The minimum absolute atomic E-state index is 0.415. The first-order chi connectivity index (χ1) is 15.6. The van der Waals surface area contributed by atoms with Crippen LogP contribution in [0.1, 0.15) is 60.4 Å². The van der Waals surface area contributed by atoms with E-state index in [2.05, 4.69) is 125 Å². The standard InChI is InChI=1S/C32H34/c1-5-26(27-15-7-6-8-16-27)19-20-28-22-31(29-17-11-9-13-23(29)2)25(4)21-32(28)30-18-12-10-14-24(30)3/h5-18,21-22,28,32H,19-20H2,1-4H3/b26-5-. The summed E-state index contributed by atoms with van der Waals surface area (Å²) in [4.78, 5) is 0. The highest BCUT2D eigenvalue weighted by atomic mass is 14.3. The Labute approximate surface area is 194 Å². The molecule has 0 bridgehead atoms. The molecule has 0 saturated heterocycles. The van der Waals surface area contributed by atoms with E-state index in [1.807, 2.05) is 0 Å². The maximum atomic E-state index is 2.56. The summed E-state index contributed by atoms with van der Waals surface area (Å²) in [6.45, 7) is 8.92. The Balaban J connectivity index is 1.70. The molecule has 0 aromatic heterocycles. The van der Waals surface area contributed by atoms with Crippen molar-refractivity contribution in [2.24, 2.45) is 5.92 Å². The molecule has 32 heavy (non-hydrogen) atoms. The Kier molecular flexibility index (Phi) is 6.90. The summed E-state index contributed by atoms with van der Waals surface area (Å²) >= 11 is 0. The van der Waals surface area contributed by atoms with Crippen LogP contribution in [0.4, 0.5) is 0 Å². The van der Waals surface area contributed by atoms with E-state index >= 15 is 0 Å². The molecule has 162 valence electrons. The fourth-order valence-corrected chi connectivity index (χ4v) is 5.08. The molecule has 0 amide bonds. The number of allylic oxidation sites excluding steroid dienone is 6. The molecule has 3 aromatic rings. The third-order valence-corrected chi connectivity index (χ3v) is 6.92. The van der Waals surface area contributed by atoms with Gasteiger partial charge in [0.2, 0.25) is 0 Å². The highest BCUT2D eigenvalue weighted by molar-refractivity contribution is 5.82. The third-order valence-electron chi connectivity index (χ3n) is 6.92. The van der Waals surface area contributed by atoms with Crippen LogP contribution in [0.5, 0.6) is 0 Å². The molecule has 0 N–H and O–H groups in total. The van der Waals surface area contributed by atoms with Gasteiger partial charge in [0.25, 0.3) is 0 Å². The zero-order valence-corrected chi connectivity index (χ0v) is 19.8. The average molecular weight is 419 g/mol. The van der Waals surface area contributed by atoms with Gasteiger partial charge in [-0.3, -0.25) is 0 Å². The molecule has 0 aliphatic heterocycles. The Morgan fingerprint density at radius 2 is 1.41 bits per heavy atom. The second-order valence-corrected chi connectivity index (χ2v) is 9.01. The highest BCUT2D eigenvalue weighted by Gasteiger charge is 2.27. The molecule has 0 spiro atoms. The van der Waals surface area contributed by atoms with Crippen molar-refractivity contribution in [2.75, 3.05) is 0 Å². The Morgan fingerprint density at radius 3 is 2.09 bits per heavy atom. The van der Waals surface area contributed by atoms with Crippen LogP contribution >= 0.6 is 0 Å². The van der Waals surface area contributed by atoms with Gasteiger partial charge in [0.05, 0.1) is 0 Å². The van der Waals surface area contributed by atoms with Crippen LogP contribution < -0.4 is 0 Å². The lowest BCUT2D eigenvalue weighted by Crippen LogP contribution is -2.16. The topological polar surface area (TPSA) is 0 Å². The second-order valence-electron chi connectivity index (χ2n) is 9.01. The lowest BCUT2D eigenvalue weighted by atomic mass is 9.73. The molecule has 0 fully saturated rings. The van der Waals surface area contributed by atoms with Crippen LogP contribution in [0.25, 0.3) is 11.1 Å². The first kappa shape index (κ1) is 22.1. The summed E-state index contributed by atoms with van der Waals surface area (Å²) in [5.41, 5.74) is 11.1. The first-order valence-corrected chi connectivity index (χ1v) is 11.8. The molecular formula is C32H34. The van der Waals surface area contributed by atoms with Crippen molar-refractivity contribution in [3.63, 3.8) is 0 Å². The maximum absolute atomic E-state index is 2.56. The van der Waals surface area contributed by atoms with Gasteiger partial charge in [0.1, 0.15) is 0 Å². The van der Waals surface area contributed by atoms with E-state index in [-0.39, 0.29) is 0 Å². The summed E-state index contributed by atoms with van der Waals surface area (Å²) in [6, 6.07) is 28.5. The summed E-state index contributed by atoms with van der Waals surface area (Å²) in [6.07, 6.45) is 9.58. The largest absolute Gasteiger partial charge is 0.0838 e. The van der Waals surface area contributed by atoms with Crippen LogP contribution in [0, 0.1) is 19.8 Å². The molecule has 0 heterocycles. The first-order valence-electron chi connectivity index (χ1n) is 11.8. The average Bonchev–Trinajstić information content (AvgIpc) is 2.82. The summed E-state index contributed by atoms with van der Waals surface area (Å²) in [7, 11) is 0. The van der Waals surface area contributed by atoms with Crippen LogP contribution in [0.2, 0.25) is 0 Å². The summed E-state index contributed by atoms with van der Waals surface area (Å²) in [5, 5.41) is 0. The van der Waals surface area contributed by atoms with Crippen LogP contribution in [0.15, 0.2) is 103 Å².